The third-order valence-electron chi connectivity index (χ3n) is 5.40. The van der Waals surface area contributed by atoms with Crippen molar-refractivity contribution < 1.29 is 14.3 Å². The van der Waals surface area contributed by atoms with Gasteiger partial charge in [0, 0.05) is 37.9 Å². The zero-order chi connectivity index (χ0) is 20.2. The number of methoxy groups -OCH3 is 1. The van der Waals surface area contributed by atoms with Crippen molar-refractivity contribution in [2.75, 3.05) is 25.1 Å². The number of nitrogens with zero attached hydrogens (tertiary/aromatic N) is 2. The highest BCUT2D eigenvalue weighted by Crippen LogP contribution is 2.21. The van der Waals surface area contributed by atoms with Crippen LogP contribution in [-0.4, -0.2) is 49.1 Å². The Hall–Kier alpha value is -2.93. The Labute approximate surface area is 170 Å². The van der Waals surface area contributed by atoms with Crippen molar-refractivity contribution in [3.63, 3.8) is 0 Å². The molecule has 1 aromatic heterocycles. The first kappa shape index (κ1) is 19.4. The van der Waals surface area contributed by atoms with E-state index in [1.54, 1.807) is 18.3 Å². The maximum Gasteiger partial charge on any atom is 0.337 e. The molecule has 2 aromatic rings. The molecule has 0 radical (unpaired) electrons. The Bertz CT molecular complexity index is 863. The monoisotopic (exact) mass is 394 g/mol. The van der Waals surface area contributed by atoms with Crippen LogP contribution in [0.15, 0.2) is 42.6 Å². The van der Waals surface area contributed by atoms with Crippen LogP contribution in [0.25, 0.3) is 0 Å². The second kappa shape index (κ2) is 8.61. The normalized spacial score (nSPS) is 18.5. The van der Waals surface area contributed by atoms with Crippen LogP contribution in [0, 0.1) is 0 Å². The highest BCUT2D eigenvalue weighted by atomic mass is 16.5. The number of pyridine rings is 1. The smallest absolute Gasteiger partial charge is 0.337 e. The highest BCUT2D eigenvalue weighted by molar-refractivity contribution is 5.94. The highest BCUT2D eigenvalue weighted by Gasteiger charge is 2.25. The van der Waals surface area contributed by atoms with Crippen molar-refractivity contribution in [3.05, 3.63) is 59.3 Å². The topological polar surface area (TPSA) is 83.6 Å². The van der Waals surface area contributed by atoms with Crippen LogP contribution in [0.1, 0.15) is 45.5 Å². The molecule has 1 aromatic carbocycles. The molecule has 152 valence electrons. The SMILES string of the molecule is COC(=O)c1ccc(CN[C@@H]2CCN(c3ccc(C(=O)NC4CC4)cn3)C2)cc1. The molecule has 2 aliphatic rings. The summed E-state index contributed by atoms with van der Waals surface area (Å²) in [7, 11) is 1.38. The van der Waals surface area contributed by atoms with E-state index in [2.05, 4.69) is 20.5 Å². The Morgan fingerprint density at radius 3 is 2.48 bits per heavy atom. The minimum absolute atomic E-state index is 0.0364. The summed E-state index contributed by atoms with van der Waals surface area (Å²) in [5, 5.41) is 6.55. The first-order chi connectivity index (χ1) is 14.1. The number of benzene rings is 1. The van der Waals surface area contributed by atoms with Crippen LogP contribution >= 0.6 is 0 Å². The summed E-state index contributed by atoms with van der Waals surface area (Å²) in [6, 6.07) is 12.0. The maximum absolute atomic E-state index is 12.1. The van der Waals surface area contributed by atoms with Gasteiger partial charge in [-0.05, 0) is 49.1 Å². The molecule has 1 aliphatic heterocycles. The predicted octanol–water partition coefficient (Wildman–Crippen LogP) is 2.13. The quantitative estimate of drug-likeness (QED) is 0.700. The van der Waals surface area contributed by atoms with E-state index in [1.165, 1.54) is 7.11 Å². The lowest BCUT2D eigenvalue weighted by atomic mass is 10.1. The molecule has 2 heterocycles. The Morgan fingerprint density at radius 1 is 1.07 bits per heavy atom. The number of anilines is 1. The molecular formula is C22H26N4O3. The molecule has 2 fully saturated rings. The molecule has 4 rings (SSSR count). The van der Waals surface area contributed by atoms with E-state index in [-0.39, 0.29) is 11.9 Å². The summed E-state index contributed by atoms with van der Waals surface area (Å²) in [6.07, 6.45) is 4.85. The van der Waals surface area contributed by atoms with E-state index >= 15 is 0 Å². The zero-order valence-corrected chi connectivity index (χ0v) is 16.6. The number of esters is 1. The minimum Gasteiger partial charge on any atom is -0.465 e. The molecule has 2 N–H and O–H groups in total. The van der Waals surface area contributed by atoms with Crippen LogP contribution in [0.2, 0.25) is 0 Å². The molecule has 0 spiro atoms. The first-order valence-electron chi connectivity index (χ1n) is 10.0. The van der Waals surface area contributed by atoms with Crippen molar-refractivity contribution in [2.45, 2.75) is 37.9 Å². The molecule has 0 unspecified atom stereocenters. The summed E-state index contributed by atoms with van der Waals surface area (Å²) in [4.78, 5) is 30.3. The van der Waals surface area contributed by atoms with E-state index in [0.717, 1.165) is 50.3 Å². The third kappa shape index (κ3) is 4.92. The molecule has 1 saturated carbocycles. The van der Waals surface area contributed by atoms with Crippen molar-refractivity contribution in [3.8, 4) is 0 Å². The van der Waals surface area contributed by atoms with E-state index in [9.17, 15) is 9.59 Å². The lowest BCUT2D eigenvalue weighted by Crippen LogP contribution is -2.32. The Balaban J connectivity index is 1.26. The van der Waals surface area contributed by atoms with E-state index in [1.807, 2.05) is 24.3 Å². The second-order valence-electron chi connectivity index (χ2n) is 7.65. The summed E-state index contributed by atoms with van der Waals surface area (Å²) in [5.41, 5.74) is 2.30. The third-order valence-corrected chi connectivity index (χ3v) is 5.40. The fourth-order valence-electron chi connectivity index (χ4n) is 3.48. The van der Waals surface area contributed by atoms with Crippen LogP contribution in [-0.2, 0) is 11.3 Å². The van der Waals surface area contributed by atoms with Gasteiger partial charge in [-0.3, -0.25) is 4.79 Å². The molecule has 1 amide bonds. The number of carbonyl (C=O) groups excluding carboxylic acids is 2. The average molecular weight is 394 g/mol. The summed E-state index contributed by atoms with van der Waals surface area (Å²) >= 11 is 0. The number of amides is 1. The second-order valence-corrected chi connectivity index (χ2v) is 7.65. The van der Waals surface area contributed by atoms with Gasteiger partial charge in [0.1, 0.15) is 5.82 Å². The van der Waals surface area contributed by atoms with Gasteiger partial charge < -0.3 is 20.3 Å². The van der Waals surface area contributed by atoms with Gasteiger partial charge in [-0.15, -0.1) is 0 Å². The number of rotatable bonds is 7. The zero-order valence-electron chi connectivity index (χ0n) is 16.6. The lowest BCUT2D eigenvalue weighted by molar-refractivity contribution is 0.0600. The van der Waals surface area contributed by atoms with Gasteiger partial charge in [0.2, 0.25) is 0 Å². The van der Waals surface area contributed by atoms with Gasteiger partial charge in [-0.25, -0.2) is 9.78 Å². The molecule has 7 nitrogen and oxygen atoms in total. The Morgan fingerprint density at radius 2 is 1.83 bits per heavy atom. The number of nitrogens with one attached hydrogen (secondary N) is 2. The molecule has 0 bridgehead atoms. The molecule has 1 saturated heterocycles. The first-order valence-corrected chi connectivity index (χ1v) is 10.0. The van der Waals surface area contributed by atoms with Gasteiger partial charge in [-0.1, -0.05) is 12.1 Å². The van der Waals surface area contributed by atoms with Crippen molar-refractivity contribution in [1.29, 1.82) is 0 Å². The van der Waals surface area contributed by atoms with E-state index in [4.69, 9.17) is 4.74 Å². The van der Waals surface area contributed by atoms with Crippen LogP contribution in [0.4, 0.5) is 5.82 Å². The predicted molar refractivity (Wildman–Crippen MR) is 110 cm³/mol. The number of hydrogen-bond acceptors (Lipinski definition) is 6. The van der Waals surface area contributed by atoms with Crippen LogP contribution < -0.4 is 15.5 Å². The molecule has 1 atom stereocenters. The lowest BCUT2D eigenvalue weighted by Gasteiger charge is -2.18. The van der Waals surface area contributed by atoms with Crippen molar-refractivity contribution in [1.82, 2.24) is 15.6 Å². The van der Waals surface area contributed by atoms with Crippen molar-refractivity contribution >= 4 is 17.7 Å². The van der Waals surface area contributed by atoms with Gasteiger partial charge in [0.05, 0.1) is 18.2 Å². The molecule has 1 aliphatic carbocycles. The van der Waals surface area contributed by atoms with Gasteiger partial charge in [-0.2, -0.15) is 0 Å². The fraction of sp³-hybridized carbons (Fsp3) is 0.409. The molecular weight excluding hydrogens is 368 g/mol. The number of aromatic nitrogens is 1. The minimum atomic E-state index is -0.320. The molecule has 29 heavy (non-hydrogen) atoms. The molecule has 7 heteroatoms. The Kier molecular flexibility index (Phi) is 5.76. The van der Waals surface area contributed by atoms with Gasteiger partial charge in [0.25, 0.3) is 5.91 Å². The fourth-order valence-corrected chi connectivity index (χ4v) is 3.48. The summed E-state index contributed by atoms with van der Waals surface area (Å²) in [6.45, 7) is 2.55. The van der Waals surface area contributed by atoms with Crippen LogP contribution in [0.5, 0.6) is 0 Å². The van der Waals surface area contributed by atoms with Crippen molar-refractivity contribution in [2.24, 2.45) is 0 Å². The van der Waals surface area contributed by atoms with E-state index < -0.39 is 0 Å². The van der Waals surface area contributed by atoms with Crippen LogP contribution in [0.3, 0.4) is 0 Å². The summed E-state index contributed by atoms with van der Waals surface area (Å²) < 4.78 is 4.72. The summed E-state index contributed by atoms with van der Waals surface area (Å²) in [5.74, 6) is 0.546. The number of carbonyl (C=O) groups is 2. The average Bonchev–Trinajstić information content (AvgIpc) is 3.45. The number of hydrogen-bond donors (Lipinski definition) is 2. The largest absolute Gasteiger partial charge is 0.465 e. The maximum atomic E-state index is 12.1. The van der Waals surface area contributed by atoms with E-state index in [0.29, 0.717) is 23.2 Å². The van der Waals surface area contributed by atoms with Gasteiger partial charge >= 0.3 is 5.97 Å². The number of ether oxygens (including phenoxy) is 1. The van der Waals surface area contributed by atoms with Gasteiger partial charge in [0.15, 0.2) is 0 Å². The standard InChI is InChI=1S/C22H26N4O3/c1-29-22(28)16-4-2-15(3-5-16)12-23-19-10-11-26(14-19)20-9-6-17(13-24-20)21(27)25-18-7-8-18/h2-6,9,13,18-19,23H,7-8,10-12,14H2,1H3,(H,25,27)/t19-/m1/s1.